The second-order valence-electron chi connectivity index (χ2n) is 13.8. The van der Waals surface area contributed by atoms with Crippen molar-refractivity contribution in [2.45, 2.75) is 31.2 Å². The highest BCUT2D eigenvalue weighted by atomic mass is 35.5. The molecular formula is C36H48Cl2N9O14PS2. The summed E-state index contributed by atoms with van der Waals surface area (Å²) in [5.41, 5.74) is -0.291. The molecule has 0 saturated heterocycles. The largest absolute Gasteiger partial charge is 0.778 e. The molecule has 1 aromatic carbocycles. The highest BCUT2D eigenvalue weighted by molar-refractivity contribution is 7.94. The van der Waals surface area contributed by atoms with Gasteiger partial charge < -0.3 is 43.0 Å². The number of benzene rings is 1. The maximum absolute atomic E-state index is 12.5. The number of nitrogens with zero attached hydrogens (tertiary/aromatic N) is 6. The van der Waals surface area contributed by atoms with Gasteiger partial charge in [0.1, 0.15) is 20.0 Å². The standard InChI is InChI=1S/C15H14Cl2N2O3.C15H18N6O6S.C3H8NO5P.C3H9S/c1-5-6-21-12-8-11(9(16)7-10(12)17)19-14(20)22-13(18-19)15(2,3)4;1-21(2)13(22)9-6-5-7-16-12(9)28(24,25)20-15(23)19-14-17-10(26-3)8-11(18-14)27-4;5-3(6)1-4-2-10(7,8)9;1-4(2)3/h1,7-8H,6H2,2-4H3;5-8H,1-4H3,(H2,17,18,19,20,23);4H,1-2H2,(H,5,6)(H2,7,8,9);1-3H3/q;;;+1/p-1. The predicted octanol–water partition coefficient (Wildman–Crippen LogP) is 2.20. The number of anilines is 1. The van der Waals surface area contributed by atoms with E-state index < -0.39 is 64.6 Å². The van der Waals surface area contributed by atoms with E-state index in [1.165, 1.54) is 69.7 Å². The zero-order chi connectivity index (χ0) is 49.2. The van der Waals surface area contributed by atoms with Crippen LogP contribution in [0.3, 0.4) is 0 Å². The number of aromatic nitrogens is 5. The Balaban J connectivity index is 0.000000502. The second-order valence-corrected chi connectivity index (χ2v) is 20.2. The molecule has 0 aliphatic heterocycles. The molecule has 0 radical (unpaired) electrons. The summed E-state index contributed by atoms with van der Waals surface area (Å²) in [6.07, 6.45) is 12.2. The average molecular weight is 997 g/mol. The average Bonchev–Trinajstić information content (AvgIpc) is 3.58. The molecule has 0 saturated carbocycles. The van der Waals surface area contributed by atoms with E-state index >= 15 is 0 Å². The first kappa shape index (κ1) is 56.6. The van der Waals surface area contributed by atoms with Crippen LogP contribution in [0.2, 0.25) is 10.0 Å². The Morgan fingerprint density at radius 2 is 1.66 bits per heavy atom. The van der Waals surface area contributed by atoms with E-state index in [9.17, 15) is 37.1 Å². The molecule has 4 rings (SSSR count). The van der Waals surface area contributed by atoms with Gasteiger partial charge in [-0.1, -0.05) is 49.9 Å². The minimum absolute atomic E-state index is 0.0434. The molecule has 0 bridgehead atoms. The summed E-state index contributed by atoms with van der Waals surface area (Å²) in [5, 5.41) is 16.2. The molecule has 64 heavy (non-hydrogen) atoms. The fourth-order valence-electron chi connectivity index (χ4n) is 3.92. The minimum Gasteiger partial charge on any atom is -0.778 e. The molecule has 3 amide bonds. The molecule has 1 atom stereocenters. The Morgan fingerprint density at radius 3 is 2.12 bits per heavy atom. The van der Waals surface area contributed by atoms with Crippen LogP contribution in [0.5, 0.6) is 17.5 Å². The number of halogens is 2. The van der Waals surface area contributed by atoms with E-state index in [1.54, 1.807) is 4.72 Å². The Bertz CT molecular complexity index is 2460. The molecule has 4 aromatic rings. The lowest BCUT2D eigenvalue weighted by atomic mass is 9.97. The van der Waals surface area contributed by atoms with Gasteiger partial charge in [-0.25, -0.2) is 19.3 Å². The van der Waals surface area contributed by atoms with Gasteiger partial charge in [-0.05, 0) is 29.1 Å². The van der Waals surface area contributed by atoms with Gasteiger partial charge in [0.05, 0.1) is 73.2 Å². The molecule has 0 fully saturated rings. The van der Waals surface area contributed by atoms with Crippen LogP contribution in [0.4, 0.5) is 10.7 Å². The maximum atomic E-state index is 12.5. The monoisotopic (exact) mass is 995 g/mol. The number of aliphatic carboxylic acids is 1. The molecular weight excluding hydrogens is 948 g/mol. The van der Waals surface area contributed by atoms with Crippen molar-refractivity contribution in [1.82, 2.24) is 39.7 Å². The van der Waals surface area contributed by atoms with Crippen molar-refractivity contribution in [2.75, 3.05) is 71.8 Å². The number of amides is 3. The molecule has 352 valence electrons. The van der Waals surface area contributed by atoms with Crippen molar-refractivity contribution in [1.29, 1.82) is 0 Å². The Kier molecular flexibility index (Phi) is 22.8. The molecule has 23 nitrogen and oxygen atoms in total. The number of hydrogen-bond acceptors (Lipinski definition) is 17. The number of hydrogen-bond donors (Lipinski definition) is 5. The predicted molar refractivity (Wildman–Crippen MR) is 237 cm³/mol. The highest BCUT2D eigenvalue weighted by Gasteiger charge is 2.27. The Labute approximate surface area is 381 Å². The van der Waals surface area contributed by atoms with Gasteiger partial charge in [0, 0.05) is 31.8 Å². The molecule has 3 aromatic heterocycles. The number of urea groups is 1. The number of carboxylic acid groups (broad SMARTS) is 1. The van der Waals surface area contributed by atoms with Crippen molar-refractivity contribution >= 4 is 75.6 Å². The third-order valence-electron chi connectivity index (χ3n) is 6.53. The molecule has 0 aliphatic rings. The maximum Gasteiger partial charge on any atom is 0.442 e. The number of pyridine rings is 1. The lowest BCUT2D eigenvalue weighted by Gasteiger charge is -2.14. The quantitative estimate of drug-likeness (QED) is 0.0728. The topological polar surface area (TPSA) is 320 Å². The second kappa shape index (κ2) is 25.7. The van der Waals surface area contributed by atoms with Crippen LogP contribution in [0.25, 0.3) is 5.69 Å². The van der Waals surface area contributed by atoms with Gasteiger partial charge in [-0.15, -0.1) is 11.5 Å². The number of carbonyl (C=O) groups excluding carboxylic acids is 2. The highest BCUT2D eigenvalue weighted by Crippen LogP contribution is 2.33. The number of methoxy groups -OCH3 is 2. The lowest BCUT2D eigenvalue weighted by molar-refractivity contribution is -0.193. The summed E-state index contributed by atoms with van der Waals surface area (Å²) in [4.78, 5) is 76.7. The van der Waals surface area contributed by atoms with Crippen LogP contribution >= 0.6 is 30.8 Å². The Hall–Kier alpha value is -5.45. The van der Waals surface area contributed by atoms with Crippen LogP contribution in [-0.4, -0.2) is 132 Å². The van der Waals surface area contributed by atoms with Gasteiger partial charge in [0.25, 0.3) is 15.9 Å². The van der Waals surface area contributed by atoms with Crippen molar-refractivity contribution in [3.05, 3.63) is 68.6 Å². The first-order valence-corrected chi connectivity index (χ1v) is 24.1. The molecule has 0 aliphatic carbocycles. The van der Waals surface area contributed by atoms with Crippen LogP contribution in [-0.2, 0) is 35.7 Å². The van der Waals surface area contributed by atoms with Crippen molar-refractivity contribution in [3.63, 3.8) is 0 Å². The van der Waals surface area contributed by atoms with E-state index in [1.807, 2.05) is 26.1 Å². The summed E-state index contributed by atoms with van der Waals surface area (Å²) >= 11 is 12.2. The normalized spacial score (nSPS) is 11.7. The Morgan fingerprint density at radius 1 is 1.08 bits per heavy atom. The summed E-state index contributed by atoms with van der Waals surface area (Å²) in [6.45, 7) is 5.21. The number of carboxylic acids is 1. The number of rotatable bonds is 13. The third-order valence-corrected chi connectivity index (χ3v) is 9.04. The van der Waals surface area contributed by atoms with E-state index in [0.29, 0.717) is 28.2 Å². The van der Waals surface area contributed by atoms with Crippen molar-refractivity contribution in [3.8, 4) is 35.5 Å². The smallest absolute Gasteiger partial charge is 0.442 e. The minimum atomic E-state index is -4.46. The van der Waals surface area contributed by atoms with E-state index in [2.05, 4.69) is 50.1 Å². The molecule has 5 N–H and O–H groups in total. The van der Waals surface area contributed by atoms with Crippen molar-refractivity contribution < 1.29 is 60.9 Å². The lowest BCUT2D eigenvalue weighted by Crippen LogP contribution is -2.36. The fourth-order valence-corrected chi connectivity index (χ4v) is 5.87. The van der Waals surface area contributed by atoms with E-state index in [-0.39, 0.29) is 39.9 Å². The number of ether oxygens (including phenoxy) is 3. The number of terminal acetylenes is 1. The summed E-state index contributed by atoms with van der Waals surface area (Å²) in [5.74, 6) is 0.473. The zero-order valence-electron chi connectivity index (χ0n) is 36.2. The fraction of sp³-hybridized carbons (Fsp3) is 0.389. The first-order valence-electron chi connectivity index (χ1n) is 17.6. The SMILES string of the molecule is C#CCOc1cc(-n2nc(C(C)(C)C)oc2=O)c(Cl)cc1Cl.COc1cc(OC)nc(NC(=O)NS(=O)(=O)c2ncccc2C(=O)N(C)C)n1.C[S+](C)C.O=C(O)CNCP(=O)([O-])O. The number of sulfonamides is 1. The summed E-state index contributed by atoms with van der Waals surface area (Å²) in [7, 11) is -2.56. The summed E-state index contributed by atoms with van der Waals surface area (Å²) < 4.78 is 58.2. The number of nitrogens with one attached hydrogen (secondary N) is 3. The van der Waals surface area contributed by atoms with E-state index in [0.717, 1.165) is 4.68 Å². The van der Waals surface area contributed by atoms with Gasteiger partial charge in [0.15, 0.2) is 5.03 Å². The summed E-state index contributed by atoms with van der Waals surface area (Å²) in [6, 6.07) is 5.86. The number of carbonyl (C=O) groups is 3. The van der Waals surface area contributed by atoms with Crippen LogP contribution < -0.4 is 40.2 Å². The van der Waals surface area contributed by atoms with Gasteiger partial charge in [-0.3, -0.25) is 20.2 Å². The van der Waals surface area contributed by atoms with Crippen LogP contribution in [0, 0.1) is 12.3 Å². The molecule has 0 spiro atoms. The van der Waals surface area contributed by atoms with Gasteiger partial charge in [-0.2, -0.15) is 23.1 Å². The molecule has 28 heteroatoms. The third kappa shape index (κ3) is 19.9. The zero-order valence-corrected chi connectivity index (χ0v) is 40.2. The van der Waals surface area contributed by atoms with Crippen LogP contribution in [0.1, 0.15) is 37.0 Å². The van der Waals surface area contributed by atoms with Gasteiger partial charge >= 0.3 is 17.8 Å². The molecule has 1 unspecified atom stereocenters. The molecule has 3 heterocycles. The van der Waals surface area contributed by atoms with Crippen LogP contribution in [0.15, 0.2) is 50.8 Å². The van der Waals surface area contributed by atoms with E-state index in [4.69, 9.17) is 58.3 Å². The van der Waals surface area contributed by atoms with Crippen molar-refractivity contribution in [2.24, 2.45) is 0 Å². The van der Waals surface area contributed by atoms with Gasteiger partial charge in [0.2, 0.25) is 23.6 Å². The first-order chi connectivity index (χ1) is 29.6.